The molecule has 1 saturated heterocycles. The highest BCUT2D eigenvalue weighted by Crippen LogP contribution is 2.36. The van der Waals surface area contributed by atoms with E-state index in [1.54, 1.807) is 12.3 Å². The molecule has 1 aliphatic heterocycles. The zero-order valence-electron chi connectivity index (χ0n) is 14.5. The standard InChI is InChI=1S/C18H19ClF3N5/c19-16-4-1-12(9-24-16)10-26-8-6-14(11-26)27(13-2-3-13)17-23-7-5-15(25-17)18(20,21)22/h1,4-5,7,9,13-14H,2-3,6,8,10-11H2. The van der Waals surface area contributed by atoms with Gasteiger partial charge in [-0.1, -0.05) is 17.7 Å². The second kappa shape index (κ2) is 7.24. The lowest BCUT2D eigenvalue weighted by molar-refractivity contribution is -0.141. The third-order valence-corrected chi connectivity index (χ3v) is 5.16. The van der Waals surface area contributed by atoms with E-state index >= 15 is 0 Å². The summed E-state index contributed by atoms with van der Waals surface area (Å²) in [5.74, 6) is 0.187. The molecule has 2 aromatic heterocycles. The number of pyridine rings is 1. The first-order valence-corrected chi connectivity index (χ1v) is 9.29. The van der Waals surface area contributed by atoms with Crippen molar-refractivity contribution in [1.29, 1.82) is 0 Å². The Morgan fingerprint density at radius 2 is 1.93 bits per heavy atom. The van der Waals surface area contributed by atoms with Gasteiger partial charge in [0, 0.05) is 44.1 Å². The predicted molar refractivity (Wildman–Crippen MR) is 95.5 cm³/mol. The topological polar surface area (TPSA) is 45.2 Å². The Morgan fingerprint density at radius 3 is 2.59 bits per heavy atom. The summed E-state index contributed by atoms with van der Waals surface area (Å²) < 4.78 is 39.1. The maximum absolute atomic E-state index is 13.0. The van der Waals surface area contributed by atoms with Gasteiger partial charge in [0.2, 0.25) is 5.95 Å². The van der Waals surface area contributed by atoms with Crippen molar-refractivity contribution in [1.82, 2.24) is 19.9 Å². The molecular formula is C18H19ClF3N5. The zero-order chi connectivity index (χ0) is 19.0. The summed E-state index contributed by atoms with van der Waals surface area (Å²) in [5, 5.41) is 0.458. The Morgan fingerprint density at radius 1 is 1.11 bits per heavy atom. The molecule has 0 aromatic carbocycles. The van der Waals surface area contributed by atoms with Gasteiger partial charge < -0.3 is 4.90 Å². The van der Waals surface area contributed by atoms with Gasteiger partial charge in [-0.3, -0.25) is 4.90 Å². The number of aromatic nitrogens is 3. The molecule has 144 valence electrons. The van der Waals surface area contributed by atoms with Gasteiger partial charge in [0.15, 0.2) is 0 Å². The summed E-state index contributed by atoms with van der Waals surface area (Å²) in [6.45, 7) is 2.37. The number of nitrogens with zero attached hydrogens (tertiary/aromatic N) is 5. The van der Waals surface area contributed by atoms with E-state index in [9.17, 15) is 13.2 Å². The van der Waals surface area contributed by atoms with Crippen LogP contribution in [0.2, 0.25) is 5.15 Å². The number of alkyl halides is 3. The first-order chi connectivity index (χ1) is 12.9. The molecule has 0 radical (unpaired) electrons. The van der Waals surface area contributed by atoms with Gasteiger partial charge in [-0.05, 0) is 37.0 Å². The molecule has 3 heterocycles. The molecule has 0 amide bonds. The SMILES string of the molecule is FC(F)(F)c1ccnc(N(C2CC2)C2CCN(Cc3ccc(Cl)nc3)C2)n1. The van der Waals surface area contributed by atoms with Gasteiger partial charge in [0.05, 0.1) is 0 Å². The van der Waals surface area contributed by atoms with E-state index in [0.29, 0.717) is 5.15 Å². The third-order valence-electron chi connectivity index (χ3n) is 4.94. The lowest BCUT2D eigenvalue weighted by atomic mass is 10.2. The van der Waals surface area contributed by atoms with Crippen LogP contribution in [0.4, 0.5) is 19.1 Å². The van der Waals surface area contributed by atoms with Crippen molar-refractivity contribution in [2.24, 2.45) is 0 Å². The molecule has 0 spiro atoms. The highest BCUT2D eigenvalue weighted by molar-refractivity contribution is 6.29. The molecule has 1 atom stereocenters. The summed E-state index contributed by atoms with van der Waals surface area (Å²) in [7, 11) is 0. The first-order valence-electron chi connectivity index (χ1n) is 8.91. The average molecular weight is 398 g/mol. The van der Waals surface area contributed by atoms with Crippen LogP contribution in [-0.2, 0) is 12.7 Å². The Labute approximate surface area is 160 Å². The molecule has 0 N–H and O–H groups in total. The van der Waals surface area contributed by atoms with Crippen LogP contribution < -0.4 is 4.90 Å². The molecule has 1 aliphatic carbocycles. The summed E-state index contributed by atoms with van der Waals surface area (Å²) in [5.41, 5.74) is 0.175. The van der Waals surface area contributed by atoms with Gasteiger partial charge in [0.25, 0.3) is 0 Å². The largest absolute Gasteiger partial charge is 0.433 e. The molecule has 5 nitrogen and oxygen atoms in total. The lowest BCUT2D eigenvalue weighted by Gasteiger charge is -2.29. The Bertz CT molecular complexity index is 794. The van der Waals surface area contributed by atoms with E-state index < -0.39 is 11.9 Å². The highest BCUT2D eigenvalue weighted by Gasteiger charge is 2.40. The molecule has 4 rings (SSSR count). The molecule has 9 heteroatoms. The first kappa shape index (κ1) is 18.4. The van der Waals surface area contributed by atoms with Crippen molar-refractivity contribution in [3.63, 3.8) is 0 Å². The Kier molecular flexibility index (Phi) is 4.94. The molecule has 2 fully saturated rings. The van der Waals surface area contributed by atoms with Crippen molar-refractivity contribution in [2.75, 3.05) is 18.0 Å². The fourth-order valence-corrected chi connectivity index (χ4v) is 3.66. The average Bonchev–Trinajstić information content (AvgIpc) is 3.36. The van der Waals surface area contributed by atoms with Crippen LogP contribution >= 0.6 is 11.6 Å². The molecule has 0 bridgehead atoms. The lowest BCUT2D eigenvalue weighted by Crippen LogP contribution is -2.40. The van der Waals surface area contributed by atoms with Crippen LogP contribution in [-0.4, -0.2) is 45.0 Å². The van der Waals surface area contributed by atoms with E-state index in [4.69, 9.17) is 11.6 Å². The zero-order valence-corrected chi connectivity index (χ0v) is 15.3. The molecule has 1 unspecified atom stereocenters. The van der Waals surface area contributed by atoms with Crippen LogP contribution in [0.5, 0.6) is 0 Å². The van der Waals surface area contributed by atoms with Gasteiger partial charge >= 0.3 is 6.18 Å². The number of hydrogen-bond acceptors (Lipinski definition) is 5. The smallest absolute Gasteiger partial charge is 0.334 e. The van der Waals surface area contributed by atoms with Crippen LogP contribution in [0, 0.1) is 0 Å². The molecule has 2 aliphatic rings. The van der Waals surface area contributed by atoms with Gasteiger partial charge in [-0.2, -0.15) is 13.2 Å². The van der Waals surface area contributed by atoms with E-state index in [0.717, 1.165) is 50.5 Å². The number of halogens is 4. The van der Waals surface area contributed by atoms with Crippen LogP contribution in [0.3, 0.4) is 0 Å². The van der Waals surface area contributed by atoms with Crippen LogP contribution in [0.15, 0.2) is 30.6 Å². The van der Waals surface area contributed by atoms with E-state index in [1.165, 1.54) is 6.20 Å². The minimum Gasteiger partial charge on any atom is -0.334 e. The van der Waals surface area contributed by atoms with Crippen molar-refractivity contribution in [2.45, 2.75) is 44.1 Å². The van der Waals surface area contributed by atoms with Gasteiger partial charge in [-0.25, -0.2) is 15.0 Å². The van der Waals surface area contributed by atoms with Gasteiger partial charge in [-0.15, -0.1) is 0 Å². The van der Waals surface area contributed by atoms with Crippen molar-refractivity contribution < 1.29 is 13.2 Å². The van der Waals surface area contributed by atoms with E-state index in [1.807, 2.05) is 11.0 Å². The second-order valence-electron chi connectivity index (χ2n) is 7.04. The van der Waals surface area contributed by atoms with Gasteiger partial charge in [0.1, 0.15) is 10.8 Å². The minimum atomic E-state index is -4.46. The number of rotatable bonds is 5. The van der Waals surface area contributed by atoms with Crippen LogP contribution in [0.25, 0.3) is 0 Å². The van der Waals surface area contributed by atoms with E-state index in [-0.39, 0.29) is 18.0 Å². The third kappa shape index (κ3) is 4.32. The summed E-state index contributed by atoms with van der Waals surface area (Å²) in [4.78, 5) is 16.3. The predicted octanol–water partition coefficient (Wildman–Crippen LogP) is 3.79. The second-order valence-corrected chi connectivity index (χ2v) is 7.43. The van der Waals surface area contributed by atoms with Crippen molar-refractivity contribution >= 4 is 17.5 Å². The fraction of sp³-hybridized carbons (Fsp3) is 0.500. The molecule has 1 saturated carbocycles. The summed E-state index contributed by atoms with van der Waals surface area (Å²) >= 11 is 5.82. The Balaban J connectivity index is 1.48. The minimum absolute atomic E-state index is 0.112. The molecule has 2 aromatic rings. The normalized spacial score (nSPS) is 20.8. The maximum atomic E-state index is 13.0. The summed E-state index contributed by atoms with van der Waals surface area (Å²) in [6.07, 6.45) is 1.30. The number of hydrogen-bond donors (Lipinski definition) is 0. The van der Waals surface area contributed by atoms with Crippen molar-refractivity contribution in [3.8, 4) is 0 Å². The highest BCUT2D eigenvalue weighted by atomic mass is 35.5. The number of anilines is 1. The van der Waals surface area contributed by atoms with Crippen molar-refractivity contribution in [3.05, 3.63) is 47.0 Å². The molecular weight excluding hydrogens is 379 g/mol. The number of likely N-dealkylation sites (tertiary alicyclic amines) is 1. The fourth-order valence-electron chi connectivity index (χ4n) is 3.55. The summed E-state index contributed by atoms with van der Waals surface area (Å²) in [6, 6.07) is 4.97. The van der Waals surface area contributed by atoms with E-state index in [2.05, 4.69) is 19.9 Å². The Hall–Kier alpha value is -1.93. The molecule has 27 heavy (non-hydrogen) atoms. The monoisotopic (exact) mass is 397 g/mol. The maximum Gasteiger partial charge on any atom is 0.433 e. The van der Waals surface area contributed by atoms with Crippen LogP contribution in [0.1, 0.15) is 30.5 Å². The quantitative estimate of drug-likeness (QED) is 0.718.